The van der Waals surface area contributed by atoms with Crippen molar-refractivity contribution in [3.05, 3.63) is 71.6 Å². The Morgan fingerprint density at radius 1 is 0.941 bits per heavy atom. The molecule has 17 heavy (non-hydrogen) atoms. The van der Waals surface area contributed by atoms with E-state index in [1.807, 2.05) is 24.3 Å². The van der Waals surface area contributed by atoms with E-state index in [1.165, 1.54) is 16.5 Å². The number of benzene rings is 2. The Morgan fingerprint density at radius 3 is 2.59 bits per heavy atom. The van der Waals surface area contributed by atoms with E-state index in [9.17, 15) is 4.39 Å². The Morgan fingerprint density at radius 2 is 1.71 bits per heavy atom. The molecule has 0 saturated carbocycles. The highest BCUT2D eigenvalue weighted by molar-refractivity contribution is 7.99. The molecule has 2 aromatic rings. The molecule has 3 rings (SSSR count). The molecule has 0 aliphatic carbocycles. The van der Waals surface area contributed by atoms with E-state index in [2.05, 4.69) is 24.3 Å². The van der Waals surface area contributed by atoms with E-state index >= 15 is 0 Å². The van der Waals surface area contributed by atoms with Gasteiger partial charge in [-0.3, -0.25) is 0 Å². The topological polar surface area (TPSA) is 0 Å². The van der Waals surface area contributed by atoms with Crippen LogP contribution in [0.5, 0.6) is 0 Å². The van der Waals surface area contributed by atoms with Gasteiger partial charge in [0, 0.05) is 10.5 Å². The molecule has 1 aliphatic heterocycles. The maximum absolute atomic E-state index is 13.7. The van der Waals surface area contributed by atoms with Gasteiger partial charge in [-0.15, -0.1) is 11.8 Å². The minimum absolute atomic E-state index is 0.0751. The third-order valence-corrected chi connectivity index (χ3v) is 4.13. The highest BCUT2D eigenvalue weighted by atomic mass is 32.2. The number of rotatable bonds is 1. The lowest BCUT2D eigenvalue weighted by molar-refractivity contribution is 0.614. The maximum atomic E-state index is 13.7. The average Bonchev–Trinajstić information content (AvgIpc) is 2.39. The third-order valence-electron chi connectivity index (χ3n) is 2.84. The van der Waals surface area contributed by atoms with Crippen LogP contribution < -0.4 is 0 Å². The van der Waals surface area contributed by atoms with Crippen LogP contribution in [-0.2, 0) is 0 Å². The second-order valence-corrected chi connectivity index (χ2v) is 5.14. The number of hydrogen-bond donors (Lipinski definition) is 0. The van der Waals surface area contributed by atoms with Crippen LogP contribution in [0.2, 0.25) is 0 Å². The lowest BCUT2D eigenvalue weighted by Crippen LogP contribution is -1.98. The van der Waals surface area contributed by atoms with Crippen molar-refractivity contribution >= 4 is 17.8 Å². The van der Waals surface area contributed by atoms with Crippen LogP contribution in [-0.4, -0.2) is 0 Å². The van der Waals surface area contributed by atoms with Crippen molar-refractivity contribution < 1.29 is 4.39 Å². The summed E-state index contributed by atoms with van der Waals surface area (Å²) in [6, 6.07) is 15.2. The first-order chi connectivity index (χ1) is 8.34. The predicted octanol–water partition coefficient (Wildman–Crippen LogP) is 4.69. The standard InChI is InChI=1S/C15H11FS/c16-13-7-3-2-6-12(13)15-10-9-11-5-1-4-8-14(11)17-15/h1-10,15H/t15-/m1/s1. The number of hydrogen-bond acceptors (Lipinski definition) is 1. The summed E-state index contributed by atoms with van der Waals surface area (Å²) in [4.78, 5) is 1.21. The molecule has 2 heteroatoms. The smallest absolute Gasteiger partial charge is 0.127 e. The molecule has 0 fully saturated rings. The lowest BCUT2D eigenvalue weighted by atomic mass is 10.1. The van der Waals surface area contributed by atoms with Gasteiger partial charge in [0.05, 0.1) is 5.25 Å². The van der Waals surface area contributed by atoms with Gasteiger partial charge >= 0.3 is 0 Å². The summed E-state index contributed by atoms with van der Waals surface area (Å²) >= 11 is 1.70. The van der Waals surface area contributed by atoms with Gasteiger partial charge in [0.15, 0.2) is 0 Å². The quantitative estimate of drug-likeness (QED) is 0.699. The zero-order valence-corrected chi connectivity index (χ0v) is 9.95. The second-order valence-electron chi connectivity index (χ2n) is 3.96. The minimum atomic E-state index is -0.131. The van der Waals surface area contributed by atoms with Crippen molar-refractivity contribution in [3.63, 3.8) is 0 Å². The van der Waals surface area contributed by atoms with Crippen molar-refractivity contribution in [2.45, 2.75) is 10.1 Å². The Hall–Kier alpha value is -1.54. The zero-order chi connectivity index (χ0) is 11.7. The van der Waals surface area contributed by atoms with Crippen LogP contribution in [0.4, 0.5) is 4.39 Å². The molecule has 84 valence electrons. The molecule has 0 amide bonds. The Kier molecular flexibility index (Phi) is 2.73. The first kappa shape index (κ1) is 10.6. The van der Waals surface area contributed by atoms with E-state index in [4.69, 9.17) is 0 Å². The molecule has 1 atom stereocenters. The summed E-state index contributed by atoms with van der Waals surface area (Å²) in [5.74, 6) is -0.131. The third kappa shape index (κ3) is 2.01. The average molecular weight is 242 g/mol. The first-order valence-corrected chi connectivity index (χ1v) is 6.41. The van der Waals surface area contributed by atoms with E-state index < -0.39 is 0 Å². The molecule has 2 aromatic carbocycles. The monoisotopic (exact) mass is 242 g/mol. The molecule has 0 saturated heterocycles. The molecule has 1 aliphatic rings. The highest BCUT2D eigenvalue weighted by Crippen LogP contribution is 2.42. The first-order valence-electron chi connectivity index (χ1n) is 5.53. The van der Waals surface area contributed by atoms with Crippen LogP contribution in [0.3, 0.4) is 0 Å². The van der Waals surface area contributed by atoms with Crippen LogP contribution >= 0.6 is 11.8 Å². The molecular weight excluding hydrogens is 231 g/mol. The van der Waals surface area contributed by atoms with Crippen molar-refractivity contribution in [1.29, 1.82) is 0 Å². The summed E-state index contributed by atoms with van der Waals surface area (Å²) in [6.45, 7) is 0. The SMILES string of the molecule is Fc1ccccc1[C@H]1C=Cc2ccccc2S1. The summed E-state index contributed by atoms with van der Waals surface area (Å²) in [7, 11) is 0. The molecule has 0 nitrogen and oxygen atoms in total. The largest absolute Gasteiger partial charge is 0.207 e. The summed E-state index contributed by atoms with van der Waals surface area (Å²) < 4.78 is 13.7. The number of halogens is 1. The highest BCUT2D eigenvalue weighted by Gasteiger charge is 2.18. The van der Waals surface area contributed by atoms with Gasteiger partial charge in [-0.2, -0.15) is 0 Å². The fourth-order valence-corrected chi connectivity index (χ4v) is 3.14. The van der Waals surface area contributed by atoms with E-state index in [0.29, 0.717) is 0 Å². The second kappa shape index (κ2) is 4.38. The molecule has 0 unspecified atom stereocenters. The Bertz CT molecular complexity index is 575. The van der Waals surface area contributed by atoms with Crippen molar-refractivity contribution in [1.82, 2.24) is 0 Å². The molecule has 1 heterocycles. The maximum Gasteiger partial charge on any atom is 0.127 e. The van der Waals surface area contributed by atoms with Crippen LogP contribution in [0, 0.1) is 5.82 Å². The zero-order valence-electron chi connectivity index (χ0n) is 9.14. The van der Waals surface area contributed by atoms with Crippen LogP contribution in [0.25, 0.3) is 6.08 Å². The van der Waals surface area contributed by atoms with Crippen LogP contribution in [0.15, 0.2) is 59.5 Å². The van der Waals surface area contributed by atoms with Crippen LogP contribution in [0.1, 0.15) is 16.4 Å². The van der Waals surface area contributed by atoms with Gasteiger partial charge < -0.3 is 0 Å². The number of fused-ring (bicyclic) bond motifs is 1. The van der Waals surface area contributed by atoms with Gasteiger partial charge in [-0.25, -0.2) is 4.39 Å². The normalized spacial score (nSPS) is 17.8. The fourth-order valence-electron chi connectivity index (χ4n) is 1.97. The minimum Gasteiger partial charge on any atom is -0.207 e. The van der Waals surface area contributed by atoms with Crippen molar-refractivity contribution in [2.24, 2.45) is 0 Å². The van der Waals surface area contributed by atoms with Gasteiger partial charge in [0.1, 0.15) is 5.82 Å². The van der Waals surface area contributed by atoms with E-state index in [-0.39, 0.29) is 11.1 Å². The Labute approximate surface area is 104 Å². The van der Waals surface area contributed by atoms with Crippen molar-refractivity contribution in [3.8, 4) is 0 Å². The molecular formula is C15H11FS. The van der Waals surface area contributed by atoms with Gasteiger partial charge in [0.25, 0.3) is 0 Å². The van der Waals surface area contributed by atoms with Gasteiger partial charge in [-0.1, -0.05) is 48.6 Å². The van der Waals surface area contributed by atoms with E-state index in [0.717, 1.165) is 5.56 Å². The number of thioether (sulfide) groups is 1. The molecule has 0 bridgehead atoms. The fraction of sp³-hybridized carbons (Fsp3) is 0.0667. The van der Waals surface area contributed by atoms with E-state index in [1.54, 1.807) is 17.8 Å². The van der Waals surface area contributed by atoms with Crippen molar-refractivity contribution in [2.75, 3.05) is 0 Å². The molecule has 0 spiro atoms. The summed E-state index contributed by atoms with van der Waals surface area (Å²) in [5.41, 5.74) is 1.97. The van der Waals surface area contributed by atoms with Gasteiger partial charge in [-0.05, 0) is 17.7 Å². The molecule has 0 N–H and O–H groups in total. The van der Waals surface area contributed by atoms with Gasteiger partial charge in [0.2, 0.25) is 0 Å². The predicted molar refractivity (Wildman–Crippen MR) is 70.5 cm³/mol. The molecule has 0 radical (unpaired) electrons. The lowest BCUT2D eigenvalue weighted by Gasteiger charge is -2.19. The summed E-state index contributed by atoms with van der Waals surface area (Å²) in [6.07, 6.45) is 4.13. The Balaban J connectivity index is 1.98. The molecule has 0 aromatic heterocycles. The summed E-state index contributed by atoms with van der Waals surface area (Å²) in [5, 5.41) is 0.0751.